The topological polar surface area (TPSA) is 62.0 Å². The van der Waals surface area contributed by atoms with Gasteiger partial charge < -0.3 is 4.98 Å². The summed E-state index contributed by atoms with van der Waals surface area (Å²) in [5.74, 6) is 0. The molecule has 0 spiro atoms. The van der Waals surface area contributed by atoms with Crippen LogP contribution in [0.5, 0.6) is 0 Å². The van der Waals surface area contributed by atoms with Crippen molar-refractivity contribution in [2.75, 3.05) is 11.0 Å². The Labute approximate surface area is 106 Å². The number of hydrogen-bond acceptors (Lipinski definition) is 2. The zero-order chi connectivity index (χ0) is 12.8. The maximum Gasteiger partial charge on any atom is 0.229 e. The Hall–Kier alpha value is -1.49. The van der Waals surface area contributed by atoms with Gasteiger partial charge in [0.1, 0.15) is 0 Å². The van der Waals surface area contributed by atoms with Crippen LogP contribution in [0, 0.1) is 0 Å². The first-order chi connectivity index (χ1) is 8.53. The molecular formula is C13H16N2O2S. The first-order valence-electron chi connectivity index (χ1n) is 6.14. The highest BCUT2D eigenvalue weighted by Crippen LogP contribution is 2.30. The molecule has 1 aromatic carbocycles. The highest BCUT2D eigenvalue weighted by atomic mass is 32.2. The summed E-state index contributed by atoms with van der Waals surface area (Å²) in [7, 11) is -3.21. The molecule has 3 rings (SSSR count). The summed E-state index contributed by atoms with van der Waals surface area (Å²) in [5.41, 5.74) is 4.40. The Balaban J connectivity index is 2.11. The maximum atomic E-state index is 11.2. The molecule has 1 aliphatic carbocycles. The number of hydrogen-bond donors (Lipinski definition) is 2. The standard InChI is InChI=1S/C13H16N2O2S/c1-18(16,17)15-9-6-7-13-11(8-9)10-4-2-3-5-12(10)14-13/h6-8,14-15H,2-5H2,1H3. The van der Waals surface area contributed by atoms with Crippen molar-refractivity contribution >= 4 is 26.6 Å². The molecular weight excluding hydrogens is 248 g/mol. The number of aryl methyl sites for hydroxylation is 2. The van der Waals surface area contributed by atoms with Gasteiger partial charge in [0.05, 0.1) is 6.26 Å². The lowest BCUT2D eigenvalue weighted by Crippen LogP contribution is -2.09. The Bertz CT molecular complexity index is 701. The van der Waals surface area contributed by atoms with Gasteiger partial charge in [0.15, 0.2) is 0 Å². The third-order valence-corrected chi connectivity index (χ3v) is 4.01. The highest BCUT2D eigenvalue weighted by molar-refractivity contribution is 7.92. The van der Waals surface area contributed by atoms with Crippen molar-refractivity contribution in [3.8, 4) is 0 Å². The van der Waals surface area contributed by atoms with E-state index in [4.69, 9.17) is 0 Å². The Kier molecular flexibility index (Phi) is 2.59. The van der Waals surface area contributed by atoms with Gasteiger partial charge in [-0.25, -0.2) is 8.42 Å². The number of nitrogens with one attached hydrogen (secondary N) is 2. The van der Waals surface area contributed by atoms with E-state index in [9.17, 15) is 8.42 Å². The number of sulfonamides is 1. The first kappa shape index (κ1) is 11.6. The summed E-state index contributed by atoms with van der Waals surface area (Å²) in [6, 6.07) is 5.67. The number of fused-ring (bicyclic) bond motifs is 3. The molecule has 4 nitrogen and oxygen atoms in total. The van der Waals surface area contributed by atoms with Crippen molar-refractivity contribution in [2.24, 2.45) is 0 Å². The van der Waals surface area contributed by atoms with Crippen LogP contribution in [0.1, 0.15) is 24.1 Å². The summed E-state index contributed by atoms with van der Waals surface area (Å²) >= 11 is 0. The normalized spacial score (nSPS) is 15.6. The summed E-state index contributed by atoms with van der Waals surface area (Å²) in [5, 5.41) is 1.15. The van der Waals surface area contributed by atoms with E-state index in [0.29, 0.717) is 5.69 Å². The minimum atomic E-state index is -3.21. The molecule has 1 heterocycles. The van der Waals surface area contributed by atoms with Gasteiger partial charge >= 0.3 is 0 Å². The molecule has 0 saturated carbocycles. The van der Waals surface area contributed by atoms with Gasteiger partial charge in [0.25, 0.3) is 0 Å². The number of aromatic amines is 1. The van der Waals surface area contributed by atoms with E-state index < -0.39 is 10.0 Å². The van der Waals surface area contributed by atoms with E-state index in [2.05, 4.69) is 9.71 Å². The molecule has 0 unspecified atom stereocenters. The molecule has 0 bridgehead atoms. The van der Waals surface area contributed by atoms with Gasteiger partial charge in [-0.05, 0) is 49.4 Å². The quantitative estimate of drug-likeness (QED) is 0.875. The van der Waals surface area contributed by atoms with E-state index in [1.54, 1.807) is 6.07 Å². The Morgan fingerprint density at radius 2 is 2.00 bits per heavy atom. The maximum absolute atomic E-state index is 11.2. The van der Waals surface area contributed by atoms with Gasteiger partial charge in [0, 0.05) is 22.3 Å². The number of H-pyrrole nitrogens is 1. The molecule has 2 aromatic rings. The SMILES string of the molecule is CS(=O)(=O)Nc1ccc2[nH]c3c(c2c1)CCCC3. The van der Waals surface area contributed by atoms with Crippen LogP contribution in [-0.2, 0) is 22.9 Å². The van der Waals surface area contributed by atoms with Crippen LogP contribution in [0.25, 0.3) is 10.9 Å². The fourth-order valence-electron chi connectivity index (χ4n) is 2.68. The van der Waals surface area contributed by atoms with Gasteiger partial charge in [-0.15, -0.1) is 0 Å². The summed E-state index contributed by atoms with van der Waals surface area (Å²) in [6.45, 7) is 0. The lowest BCUT2D eigenvalue weighted by atomic mass is 9.95. The number of benzene rings is 1. The molecule has 5 heteroatoms. The summed E-state index contributed by atoms with van der Waals surface area (Å²) in [4.78, 5) is 3.43. The largest absolute Gasteiger partial charge is 0.358 e. The third kappa shape index (κ3) is 2.10. The van der Waals surface area contributed by atoms with Crippen LogP contribution in [0.4, 0.5) is 5.69 Å². The second-order valence-electron chi connectivity index (χ2n) is 4.92. The molecule has 0 aliphatic heterocycles. The van der Waals surface area contributed by atoms with Gasteiger partial charge in [-0.1, -0.05) is 0 Å². The molecule has 96 valence electrons. The molecule has 0 saturated heterocycles. The van der Waals surface area contributed by atoms with E-state index in [1.165, 1.54) is 30.4 Å². The van der Waals surface area contributed by atoms with E-state index in [1.807, 2.05) is 12.1 Å². The molecule has 18 heavy (non-hydrogen) atoms. The van der Waals surface area contributed by atoms with E-state index in [-0.39, 0.29) is 0 Å². The second-order valence-corrected chi connectivity index (χ2v) is 6.67. The monoisotopic (exact) mass is 264 g/mol. The highest BCUT2D eigenvalue weighted by Gasteiger charge is 2.15. The van der Waals surface area contributed by atoms with Crippen molar-refractivity contribution in [1.29, 1.82) is 0 Å². The number of anilines is 1. The lowest BCUT2D eigenvalue weighted by molar-refractivity contribution is 0.607. The van der Waals surface area contributed by atoms with Crippen LogP contribution < -0.4 is 4.72 Å². The van der Waals surface area contributed by atoms with Gasteiger partial charge in [-0.2, -0.15) is 0 Å². The molecule has 0 amide bonds. The van der Waals surface area contributed by atoms with Crippen LogP contribution in [0.2, 0.25) is 0 Å². The first-order valence-corrected chi connectivity index (χ1v) is 8.03. The van der Waals surface area contributed by atoms with Crippen molar-refractivity contribution in [3.63, 3.8) is 0 Å². The van der Waals surface area contributed by atoms with Gasteiger partial charge in [-0.3, -0.25) is 4.72 Å². The summed E-state index contributed by atoms with van der Waals surface area (Å²) in [6.07, 6.45) is 5.79. The lowest BCUT2D eigenvalue weighted by Gasteiger charge is -2.10. The second kappa shape index (κ2) is 4.02. The van der Waals surface area contributed by atoms with Crippen molar-refractivity contribution < 1.29 is 8.42 Å². The molecule has 1 aliphatic rings. The van der Waals surface area contributed by atoms with Crippen LogP contribution >= 0.6 is 0 Å². The minimum absolute atomic E-state index is 0.636. The van der Waals surface area contributed by atoms with Crippen LogP contribution in [-0.4, -0.2) is 19.7 Å². The van der Waals surface area contributed by atoms with Crippen LogP contribution in [0.15, 0.2) is 18.2 Å². The van der Waals surface area contributed by atoms with Crippen molar-refractivity contribution in [3.05, 3.63) is 29.5 Å². The van der Waals surface area contributed by atoms with Gasteiger partial charge in [0.2, 0.25) is 10.0 Å². The molecule has 0 fully saturated rings. The predicted octanol–water partition coefficient (Wildman–Crippen LogP) is 2.42. The van der Waals surface area contributed by atoms with Crippen molar-refractivity contribution in [1.82, 2.24) is 4.98 Å². The fourth-order valence-corrected chi connectivity index (χ4v) is 3.24. The third-order valence-electron chi connectivity index (χ3n) is 3.40. The van der Waals surface area contributed by atoms with Crippen molar-refractivity contribution in [2.45, 2.75) is 25.7 Å². The summed E-state index contributed by atoms with van der Waals surface area (Å²) < 4.78 is 25.0. The number of aromatic nitrogens is 1. The predicted molar refractivity (Wildman–Crippen MR) is 73.4 cm³/mol. The fraction of sp³-hybridized carbons (Fsp3) is 0.385. The van der Waals surface area contributed by atoms with E-state index >= 15 is 0 Å². The zero-order valence-electron chi connectivity index (χ0n) is 10.3. The molecule has 1 aromatic heterocycles. The minimum Gasteiger partial charge on any atom is -0.358 e. The molecule has 0 atom stereocenters. The average molecular weight is 264 g/mol. The molecule has 2 N–H and O–H groups in total. The molecule has 0 radical (unpaired) electrons. The Morgan fingerprint density at radius 1 is 1.22 bits per heavy atom. The Morgan fingerprint density at radius 3 is 2.78 bits per heavy atom. The van der Waals surface area contributed by atoms with Crippen LogP contribution in [0.3, 0.4) is 0 Å². The smallest absolute Gasteiger partial charge is 0.229 e. The number of rotatable bonds is 2. The average Bonchev–Trinajstić information content (AvgIpc) is 2.65. The van der Waals surface area contributed by atoms with E-state index in [0.717, 1.165) is 23.7 Å². The zero-order valence-corrected chi connectivity index (χ0v) is 11.1.